The molecule has 0 N–H and O–H groups in total. The van der Waals surface area contributed by atoms with E-state index < -0.39 is 23.0 Å². The maximum atomic E-state index is 14.0. The van der Waals surface area contributed by atoms with Crippen molar-refractivity contribution in [1.82, 2.24) is 9.80 Å². The number of nitrogens with zero attached hydrogens (tertiary/aromatic N) is 2. The lowest BCUT2D eigenvalue weighted by Crippen LogP contribution is -2.52. The smallest absolute Gasteiger partial charge is 0.316 e. The summed E-state index contributed by atoms with van der Waals surface area (Å²) < 4.78 is 32.3. The lowest BCUT2D eigenvalue weighted by atomic mass is 9.72. The van der Waals surface area contributed by atoms with Gasteiger partial charge in [0.2, 0.25) is 5.91 Å². The molecule has 0 atom stereocenters. The third-order valence-electron chi connectivity index (χ3n) is 7.12. The summed E-state index contributed by atoms with van der Waals surface area (Å²) in [4.78, 5) is 41.8. The maximum absolute atomic E-state index is 14.0. The van der Waals surface area contributed by atoms with E-state index in [0.29, 0.717) is 57.9 Å². The van der Waals surface area contributed by atoms with E-state index in [1.165, 1.54) is 12.0 Å². The molecule has 2 aromatic rings. The molecule has 2 fully saturated rings. The van der Waals surface area contributed by atoms with Gasteiger partial charge >= 0.3 is 5.97 Å². The summed E-state index contributed by atoms with van der Waals surface area (Å²) in [6.45, 7) is 1.55. The number of carbonyl (C=O) groups is 3. The minimum atomic E-state index is -0.885. The minimum Gasteiger partial charge on any atom is -0.468 e. The van der Waals surface area contributed by atoms with Crippen LogP contribution in [0.2, 0.25) is 0 Å². The topological polar surface area (TPSA) is 66.9 Å². The number of benzene rings is 2. The number of carbonyl (C=O) groups excluding carboxylic acids is 3. The number of likely N-dealkylation sites (tertiary alicyclic amines) is 2. The van der Waals surface area contributed by atoms with Crippen molar-refractivity contribution in [2.45, 2.75) is 31.1 Å². The highest BCUT2D eigenvalue weighted by molar-refractivity contribution is 5.94. The summed E-state index contributed by atoms with van der Waals surface area (Å²) in [5.41, 5.74) is -0.0296. The Kier molecular flexibility index (Phi) is 6.95. The van der Waals surface area contributed by atoms with Crippen LogP contribution in [0.4, 0.5) is 8.78 Å². The predicted octanol–water partition coefficient (Wildman–Crippen LogP) is 3.55. The van der Waals surface area contributed by atoms with Crippen LogP contribution in [-0.4, -0.2) is 60.9 Å². The number of hydrogen-bond acceptors (Lipinski definition) is 4. The maximum Gasteiger partial charge on any atom is 0.316 e. The third-order valence-corrected chi connectivity index (χ3v) is 7.12. The molecule has 2 aromatic carbocycles. The lowest BCUT2D eigenvalue weighted by Gasteiger charge is -2.42. The minimum absolute atomic E-state index is 0.0200. The monoisotopic (exact) mass is 470 g/mol. The van der Waals surface area contributed by atoms with Crippen LogP contribution in [-0.2, 0) is 19.7 Å². The molecule has 0 unspecified atom stereocenters. The number of rotatable bonds is 4. The SMILES string of the molecule is COC(=O)C1(c2ccccc2)CCN(C(=O)C2CCN(C(=O)c3ccc(F)cc3F)CC2)CC1. The second kappa shape index (κ2) is 9.91. The number of methoxy groups -OCH3 is 1. The molecular formula is C26H28F2N2O4. The van der Waals surface area contributed by atoms with Crippen molar-refractivity contribution in [2.24, 2.45) is 5.92 Å². The zero-order valence-electron chi connectivity index (χ0n) is 19.1. The molecule has 0 saturated carbocycles. The fourth-order valence-electron chi connectivity index (χ4n) is 5.09. The van der Waals surface area contributed by atoms with E-state index in [1.54, 1.807) is 4.90 Å². The Balaban J connectivity index is 1.36. The van der Waals surface area contributed by atoms with Gasteiger partial charge in [-0.1, -0.05) is 30.3 Å². The van der Waals surface area contributed by atoms with Gasteiger partial charge in [0.25, 0.3) is 5.91 Å². The van der Waals surface area contributed by atoms with Gasteiger partial charge in [0.1, 0.15) is 11.6 Å². The average molecular weight is 471 g/mol. The molecule has 6 nitrogen and oxygen atoms in total. The van der Waals surface area contributed by atoms with Gasteiger partial charge in [-0.25, -0.2) is 8.78 Å². The second-order valence-corrected chi connectivity index (χ2v) is 8.96. The molecule has 0 aromatic heterocycles. The van der Waals surface area contributed by atoms with Crippen LogP contribution >= 0.6 is 0 Å². The second-order valence-electron chi connectivity index (χ2n) is 8.96. The summed E-state index contributed by atoms with van der Waals surface area (Å²) in [5, 5.41) is 0. The van der Waals surface area contributed by atoms with Crippen molar-refractivity contribution in [1.29, 1.82) is 0 Å². The van der Waals surface area contributed by atoms with Gasteiger partial charge in [-0.2, -0.15) is 0 Å². The standard InChI is InChI=1S/C26H28F2N2O4/c1-34-25(33)26(19-5-3-2-4-6-19)11-15-30(16-12-26)23(31)18-9-13-29(14-10-18)24(32)21-8-7-20(27)17-22(21)28/h2-8,17-18H,9-16H2,1H3. The van der Waals surface area contributed by atoms with Crippen LogP contribution in [0.3, 0.4) is 0 Å². The van der Waals surface area contributed by atoms with Gasteiger partial charge in [0.05, 0.1) is 18.1 Å². The van der Waals surface area contributed by atoms with Crippen molar-refractivity contribution >= 4 is 17.8 Å². The Bertz CT molecular complexity index is 1060. The summed E-state index contributed by atoms with van der Waals surface area (Å²) in [7, 11) is 1.39. The number of halogens is 2. The van der Waals surface area contributed by atoms with Crippen LogP contribution in [0.1, 0.15) is 41.6 Å². The molecule has 2 aliphatic rings. The van der Waals surface area contributed by atoms with Crippen LogP contribution in [0.15, 0.2) is 48.5 Å². The number of piperidine rings is 2. The van der Waals surface area contributed by atoms with E-state index in [9.17, 15) is 23.2 Å². The van der Waals surface area contributed by atoms with Gasteiger partial charge in [0, 0.05) is 38.2 Å². The largest absolute Gasteiger partial charge is 0.468 e. The van der Waals surface area contributed by atoms with Gasteiger partial charge < -0.3 is 14.5 Å². The van der Waals surface area contributed by atoms with Crippen LogP contribution in [0.25, 0.3) is 0 Å². The number of amides is 2. The van der Waals surface area contributed by atoms with E-state index >= 15 is 0 Å². The summed E-state index contributed by atoms with van der Waals surface area (Å²) in [6.07, 6.45) is 1.92. The first-order chi connectivity index (χ1) is 16.4. The molecule has 0 spiro atoms. The molecule has 180 valence electrons. The van der Waals surface area contributed by atoms with Gasteiger partial charge in [0.15, 0.2) is 0 Å². The summed E-state index contributed by atoms with van der Waals surface area (Å²) in [5.74, 6) is -2.61. The Morgan fingerprint density at radius 3 is 2.15 bits per heavy atom. The van der Waals surface area contributed by atoms with E-state index in [1.807, 2.05) is 30.3 Å². The van der Waals surface area contributed by atoms with Crippen LogP contribution < -0.4 is 0 Å². The molecule has 2 saturated heterocycles. The Morgan fingerprint density at radius 1 is 0.912 bits per heavy atom. The van der Waals surface area contributed by atoms with Gasteiger partial charge in [-0.3, -0.25) is 14.4 Å². The first kappa shape index (κ1) is 23.9. The molecule has 2 amide bonds. The Labute approximate surface area is 197 Å². The lowest BCUT2D eigenvalue weighted by molar-refractivity contribution is -0.152. The third kappa shape index (κ3) is 4.54. The van der Waals surface area contributed by atoms with E-state index in [4.69, 9.17) is 4.74 Å². The van der Waals surface area contributed by atoms with Crippen molar-refractivity contribution in [3.05, 3.63) is 71.3 Å². The van der Waals surface area contributed by atoms with Crippen LogP contribution in [0, 0.1) is 17.6 Å². The zero-order valence-corrected chi connectivity index (χ0v) is 19.1. The molecule has 0 aliphatic carbocycles. The summed E-state index contributed by atoms with van der Waals surface area (Å²) in [6, 6.07) is 12.4. The molecule has 8 heteroatoms. The molecule has 2 heterocycles. The van der Waals surface area contributed by atoms with E-state index in [-0.39, 0.29) is 23.4 Å². The zero-order chi connectivity index (χ0) is 24.3. The highest BCUT2D eigenvalue weighted by Crippen LogP contribution is 2.37. The average Bonchev–Trinajstić information content (AvgIpc) is 2.88. The first-order valence-electron chi connectivity index (χ1n) is 11.5. The quantitative estimate of drug-likeness (QED) is 0.641. The highest BCUT2D eigenvalue weighted by atomic mass is 19.1. The fourth-order valence-corrected chi connectivity index (χ4v) is 5.09. The number of ether oxygens (including phenoxy) is 1. The fraction of sp³-hybridized carbons (Fsp3) is 0.423. The normalized spacial score (nSPS) is 18.4. The van der Waals surface area contributed by atoms with E-state index in [2.05, 4.69) is 0 Å². The molecular weight excluding hydrogens is 442 g/mol. The van der Waals surface area contributed by atoms with Crippen molar-refractivity contribution in [2.75, 3.05) is 33.3 Å². The first-order valence-corrected chi connectivity index (χ1v) is 11.5. The highest BCUT2D eigenvalue weighted by Gasteiger charge is 2.45. The number of esters is 1. The van der Waals surface area contributed by atoms with E-state index in [0.717, 1.165) is 17.7 Å². The van der Waals surface area contributed by atoms with Gasteiger partial charge in [-0.15, -0.1) is 0 Å². The summed E-state index contributed by atoms with van der Waals surface area (Å²) >= 11 is 0. The van der Waals surface area contributed by atoms with Gasteiger partial charge in [-0.05, 0) is 43.4 Å². The Hall–Kier alpha value is -3.29. The van der Waals surface area contributed by atoms with Crippen molar-refractivity contribution in [3.8, 4) is 0 Å². The predicted molar refractivity (Wildman–Crippen MR) is 121 cm³/mol. The molecule has 0 bridgehead atoms. The van der Waals surface area contributed by atoms with Crippen molar-refractivity contribution < 1.29 is 27.9 Å². The van der Waals surface area contributed by atoms with Crippen LogP contribution in [0.5, 0.6) is 0 Å². The molecule has 4 rings (SSSR count). The van der Waals surface area contributed by atoms with Crippen molar-refractivity contribution in [3.63, 3.8) is 0 Å². The Morgan fingerprint density at radius 2 is 1.56 bits per heavy atom. The molecule has 2 aliphatic heterocycles. The number of hydrogen-bond donors (Lipinski definition) is 0. The molecule has 0 radical (unpaired) electrons. The molecule has 34 heavy (non-hydrogen) atoms.